The highest BCUT2D eigenvalue weighted by molar-refractivity contribution is 5.84. The summed E-state index contributed by atoms with van der Waals surface area (Å²) in [6.07, 6.45) is -2.61. The van der Waals surface area contributed by atoms with E-state index in [4.69, 9.17) is 5.11 Å². The molecular formula is C13H26N2O6. The zero-order valence-corrected chi connectivity index (χ0v) is 12.7. The zero-order chi connectivity index (χ0) is 16.6. The molecule has 21 heavy (non-hydrogen) atoms. The maximum absolute atomic E-state index is 11.7. The van der Waals surface area contributed by atoms with Crippen molar-refractivity contribution in [3.05, 3.63) is 0 Å². The van der Waals surface area contributed by atoms with Gasteiger partial charge >= 0.3 is 5.97 Å². The molecule has 0 aliphatic rings. The lowest BCUT2D eigenvalue weighted by Gasteiger charge is -2.30. The number of nitrogens with one attached hydrogen (secondary N) is 1. The fourth-order valence-corrected chi connectivity index (χ4v) is 1.89. The molecule has 0 bridgehead atoms. The second kappa shape index (κ2) is 9.67. The Morgan fingerprint density at radius 1 is 1.00 bits per heavy atom. The van der Waals surface area contributed by atoms with Crippen LogP contribution in [0, 0.1) is 0 Å². The quantitative estimate of drug-likeness (QED) is 0.328. The Bertz CT molecular complexity index is 323. The van der Waals surface area contributed by atoms with Crippen LogP contribution in [0.2, 0.25) is 0 Å². The van der Waals surface area contributed by atoms with Gasteiger partial charge in [0.25, 0.3) is 0 Å². The minimum Gasteiger partial charge on any atom is -0.480 e. The summed E-state index contributed by atoms with van der Waals surface area (Å²) in [6, 6.07) is -1.15. The summed E-state index contributed by atoms with van der Waals surface area (Å²) >= 11 is 0. The number of aliphatic carboxylic acids is 1. The van der Waals surface area contributed by atoms with Crippen molar-refractivity contribution >= 4 is 11.9 Å². The predicted octanol–water partition coefficient (Wildman–Crippen LogP) is -1.61. The molecule has 0 radical (unpaired) electrons. The van der Waals surface area contributed by atoms with E-state index >= 15 is 0 Å². The third-order valence-electron chi connectivity index (χ3n) is 2.70. The maximum Gasteiger partial charge on any atom is 0.321 e. The first kappa shape index (κ1) is 19.8. The number of aliphatic hydroxyl groups is 3. The SMILES string of the molecule is CC(O)CNC(=O)CC(C(=O)O)N(CC(C)O)CC(C)O. The summed E-state index contributed by atoms with van der Waals surface area (Å²) in [4.78, 5) is 24.4. The second-order valence-electron chi connectivity index (χ2n) is 5.36. The molecule has 0 rings (SSSR count). The lowest BCUT2D eigenvalue weighted by atomic mass is 10.1. The average molecular weight is 306 g/mol. The second-order valence-corrected chi connectivity index (χ2v) is 5.36. The number of hydrogen-bond donors (Lipinski definition) is 5. The molecule has 0 aromatic rings. The first-order chi connectivity index (χ1) is 9.63. The number of nitrogens with zero attached hydrogens (tertiary/aromatic N) is 1. The topological polar surface area (TPSA) is 130 Å². The highest BCUT2D eigenvalue weighted by Crippen LogP contribution is 2.08. The van der Waals surface area contributed by atoms with Gasteiger partial charge in [0.2, 0.25) is 5.91 Å². The summed E-state index contributed by atoms with van der Waals surface area (Å²) in [5, 5.41) is 39.6. The van der Waals surface area contributed by atoms with Gasteiger partial charge < -0.3 is 25.7 Å². The van der Waals surface area contributed by atoms with Gasteiger partial charge in [-0.15, -0.1) is 0 Å². The molecule has 0 spiro atoms. The summed E-state index contributed by atoms with van der Waals surface area (Å²) in [5.74, 6) is -1.71. The van der Waals surface area contributed by atoms with E-state index in [2.05, 4.69) is 5.32 Å². The minimum atomic E-state index is -1.21. The highest BCUT2D eigenvalue weighted by atomic mass is 16.4. The molecule has 1 amide bonds. The molecule has 0 saturated heterocycles. The molecule has 0 aliphatic heterocycles. The van der Waals surface area contributed by atoms with Crippen LogP contribution in [-0.4, -0.2) is 81.2 Å². The van der Waals surface area contributed by atoms with Crippen molar-refractivity contribution in [2.45, 2.75) is 51.5 Å². The Hall–Kier alpha value is -1.22. The number of amides is 1. The third kappa shape index (κ3) is 9.35. The molecule has 5 N–H and O–H groups in total. The van der Waals surface area contributed by atoms with Crippen molar-refractivity contribution in [2.75, 3.05) is 19.6 Å². The predicted molar refractivity (Wildman–Crippen MR) is 75.7 cm³/mol. The Morgan fingerprint density at radius 3 is 1.81 bits per heavy atom. The first-order valence-corrected chi connectivity index (χ1v) is 6.91. The first-order valence-electron chi connectivity index (χ1n) is 6.91. The largest absolute Gasteiger partial charge is 0.480 e. The van der Waals surface area contributed by atoms with Crippen molar-refractivity contribution in [3.63, 3.8) is 0 Å². The van der Waals surface area contributed by atoms with Crippen LogP contribution >= 0.6 is 0 Å². The monoisotopic (exact) mass is 306 g/mol. The van der Waals surface area contributed by atoms with E-state index in [0.29, 0.717) is 0 Å². The van der Waals surface area contributed by atoms with E-state index in [-0.39, 0.29) is 26.1 Å². The Morgan fingerprint density at radius 2 is 1.48 bits per heavy atom. The molecule has 4 unspecified atom stereocenters. The van der Waals surface area contributed by atoms with Crippen LogP contribution in [-0.2, 0) is 9.59 Å². The minimum absolute atomic E-state index is 0.0333. The van der Waals surface area contributed by atoms with Gasteiger partial charge in [0, 0.05) is 19.6 Å². The van der Waals surface area contributed by atoms with Gasteiger partial charge in [-0.1, -0.05) is 0 Å². The fourth-order valence-electron chi connectivity index (χ4n) is 1.89. The number of hydrogen-bond acceptors (Lipinski definition) is 6. The molecule has 124 valence electrons. The van der Waals surface area contributed by atoms with E-state index in [1.807, 2.05) is 0 Å². The molecule has 0 aliphatic carbocycles. The average Bonchev–Trinajstić information content (AvgIpc) is 2.30. The van der Waals surface area contributed by atoms with Gasteiger partial charge in [0.15, 0.2) is 0 Å². The van der Waals surface area contributed by atoms with Crippen LogP contribution in [0.1, 0.15) is 27.2 Å². The van der Waals surface area contributed by atoms with E-state index in [1.165, 1.54) is 25.7 Å². The van der Waals surface area contributed by atoms with E-state index < -0.39 is 36.2 Å². The fraction of sp³-hybridized carbons (Fsp3) is 0.846. The van der Waals surface area contributed by atoms with Crippen LogP contribution in [0.5, 0.6) is 0 Å². The molecule has 0 saturated carbocycles. The van der Waals surface area contributed by atoms with Gasteiger partial charge in [0.05, 0.1) is 24.7 Å². The third-order valence-corrected chi connectivity index (χ3v) is 2.70. The zero-order valence-electron chi connectivity index (χ0n) is 12.7. The summed E-state index contributed by atoms with van der Waals surface area (Å²) in [5.41, 5.74) is 0. The molecule has 0 aromatic heterocycles. The van der Waals surface area contributed by atoms with Crippen molar-refractivity contribution in [2.24, 2.45) is 0 Å². The van der Waals surface area contributed by atoms with Crippen LogP contribution in [0.25, 0.3) is 0 Å². The molecule has 0 fully saturated rings. The normalized spacial score (nSPS) is 17.1. The van der Waals surface area contributed by atoms with Crippen molar-refractivity contribution in [1.82, 2.24) is 10.2 Å². The smallest absolute Gasteiger partial charge is 0.321 e. The Balaban J connectivity index is 4.79. The van der Waals surface area contributed by atoms with E-state index in [0.717, 1.165) is 0 Å². The number of carbonyl (C=O) groups is 2. The van der Waals surface area contributed by atoms with Gasteiger partial charge in [-0.3, -0.25) is 14.5 Å². The molecule has 0 aromatic carbocycles. The summed E-state index contributed by atoms with van der Waals surface area (Å²) < 4.78 is 0. The van der Waals surface area contributed by atoms with Crippen LogP contribution < -0.4 is 5.32 Å². The standard InChI is InChI=1S/C13H26N2O6/c1-8(16)5-14-12(19)4-11(13(20)21)15(6-9(2)17)7-10(3)18/h8-11,16-18H,4-7H2,1-3H3,(H,14,19)(H,20,21). The van der Waals surface area contributed by atoms with Crippen molar-refractivity contribution in [1.29, 1.82) is 0 Å². The van der Waals surface area contributed by atoms with Crippen LogP contribution in [0.3, 0.4) is 0 Å². The van der Waals surface area contributed by atoms with Crippen molar-refractivity contribution < 1.29 is 30.0 Å². The summed E-state index contributed by atoms with van der Waals surface area (Å²) in [7, 11) is 0. The Kier molecular flexibility index (Phi) is 9.11. The van der Waals surface area contributed by atoms with Gasteiger partial charge in [-0.05, 0) is 20.8 Å². The molecule has 4 atom stereocenters. The maximum atomic E-state index is 11.7. The number of rotatable bonds is 10. The van der Waals surface area contributed by atoms with Crippen molar-refractivity contribution in [3.8, 4) is 0 Å². The van der Waals surface area contributed by atoms with Gasteiger partial charge in [0.1, 0.15) is 6.04 Å². The molecule has 0 heterocycles. The highest BCUT2D eigenvalue weighted by Gasteiger charge is 2.29. The van der Waals surface area contributed by atoms with E-state index in [9.17, 15) is 24.9 Å². The Labute approximate surface area is 124 Å². The molecular weight excluding hydrogens is 280 g/mol. The molecule has 8 heteroatoms. The number of carboxylic acids is 1. The van der Waals surface area contributed by atoms with E-state index in [1.54, 1.807) is 0 Å². The van der Waals surface area contributed by atoms with Crippen LogP contribution in [0.4, 0.5) is 0 Å². The number of aliphatic hydroxyl groups excluding tert-OH is 3. The van der Waals surface area contributed by atoms with Gasteiger partial charge in [-0.25, -0.2) is 0 Å². The molecule has 8 nitrogen and oxygen atoms in total. The lowest BCUT2D eigenvalue weighted by molar-refractivity contribution is -0.146. The van der Waals surface area contributed by atoms with Gasteiger partial charge in [-0.2, -0.15) is 0 Å². The summed E-state index contributed by atoms with van der Waals surface area (Å²) in [6.45, 7) is 4.61. The lowest BCUT2D eigenvalue weighted by Crippen LogP contribution is -2.49. The number of carboxylic acid groups (broad SMARTS) is 1. The number of carbonyl (C=O) groups excluding carboxylic acids is 1. The van der Waals surface area contributed by atoms with Crippen LogP contribution in [0.15, 0.2) is 0 Å².